The number of aromatic hydroxyl groups is 1. The fraction of sp³-hybridized carbons (Fsp3) is 0.455. The summed E-state index contributed by atoms with van der Waals surface area (Å²) in [7, 11) is 0. The second-order valence-corrected chi connectivity index (χ2v) is 6.95. The monoisotopic (exact) mass is 525 g/mol. The predicted molar refractivity (Wildman–Crippen MR) is 132 cm³/mol. The molecule has 164 valence electrons. The van der Waals surface area contributed by atoms with Crippen LogP contribution >= 0.6 is 24.0 Å². The topological polar surface area (TPSA) is 73.2 Å². The lowest BCUT2D eigenvalue weighted by Crippen LogP contribution is -2.52. The second kappa shape index (κ2) is 12.5. The van der Waals surface area contributed by atoms with Crippen molar-refractivity contribution in [1.82, 2.24) is 15.2 Å². The number of nitrogens with zero attached hydrogens (tertiary/aromatic N) is 4. The Hall–Kier alpha value is -2.23. The number of anilines is 1. The number of hydrogen-bond acceptors (Lipinski definition) is 5. The minimum atomic E-state index is 0. The van der Waals surface area contributed by atoms with E-state index in [2.05, 4.69) is 33.9 Å². The number of halogens is 1. The van der Waals surface area contributed by atoms with Crippen LogP contribution in [0.4, 0.5) is 5.69 Å². The molecule has 1 aromatic carbocycles. The number of nitrogens with one attached hydrogen (secondary N) is 1. The first-order valence-corrected chi connectivity index (χ1v) is 10.4. The van der Waals surface area contributed by atoms with Gasteiger partial charge in [0.05, 0.1) is 18.8 Å². The molecule has 1 aliphatic rings. The number of para-hydroxylation sites is 2. The van der Waals surface area contributed by atoms with Crippen LogP contribution in [0.3, 0.4) is 0 Å². The van der Waals surface area contributed by atoms with Crippen LogP contribution in [0.5, 0.6) is 11.6 Å². The van der Waals surface area contributed by atoms with Crippen molar-refractivity contribution >= 4 is 35.6 Å². The van der Waals surface area contributed by atoms with Gasteiger partial charge in [0.1, 0.15) is 5.75 Å². The summed E-state index contributed by atoms with van der Waals surface area (Å²) in [6.07, 6.45) is 2.70. The molecular formula is C22H32IN5O2. The normalized spacial score (nSPS) is 14.3. The van der Waals surface area contributed by atoms with Crippen molar-refractivity contribution in [1.29, 1.82) is 0 Å². The Balaban J connectivity index is 0.00000320. The van der Waals surface area contributed by atoms with Gasteiger partial charge in [-0.2, -0.15) is 0 Å². The van der Waals surface area contributed by atoms with Gasteiger partial charge in [0.2, 0.25) is 5.88 Å². The molecule has 2 heterocycles. The number of phenolic OH excluding ortho intramolecular Hbond substituents is 1. The average molecular weight is 525 g/mol. The molecule has 3 rings (SSSR count). The number of ether oxygens (including phenoxy) is 1. The molecule has 0 radical (unpaired) electrons. The molecule has 8 heteroatoms. The van der Waals surface area contributed by atoms with Gasteiger partial charge in [-0.1, -0.05) is 25.1 Å². The van der Waals surface area contributed by atoms with Crippen LogP contribution in [0.15, 0.2) is 47.6 Å². The molecule has 7 nitrogen and oxygen atoms in total. The quantitative estimate of drug-likeness (QED) is 0.328. The molecule has 1 aromatic heterocycles. The first kappa shape index (κ1) is 24.0. The average Bonchev–Trinajstić information content (AvgIpc) is 2.76. The Kier molecular flexibility index (Phi) is 9.99. The van der Waals surface area contributed by atoms with Gasteiger partial charge in [-0.15, -0.1) is 24.0 Å². The Bertz CT molecular complexity index is 810. The van der Waals surface area contributed by atoms with Crippen molar-refractivity contribution in [3.63, 3.8) is 0 Å². The van der Waals surface area contributed by atoms with E-state index in [-0.39, 0.29) is 24.0 Å². The predicted octanol–water partition coefficient (Wildman–Crippen LogP) is 3.48. The molecule has 30 heavy (non-hydrogen) atoms. The number of benzene rings is 1. The number of piperazine rings is 1. The van der Waals surface area contributed by atoms with Gasteiger partial charge in [0, 0.05) is 44.5 Å². The third-order valence-electron chi connectivity index (χ3n) is 4.83. The van der Waals surface area contributed by atoms with Crippen LogP contribution in [0, 0.1) is 0 Å². The lowest BCUT2D eigenvalue weighted by molar-refractivity contribution is 0.302. The van der Waals surface area contributed by atoms with Gasteiger partial charge in [-0.25, -0.2) is 9.98 Å². The van der Waals surface area contributed by atoms with E-state index in [0.717, 1.165) is 56.4 Å². The van der Waals surface area contributed by atoms with Gasteiger partial charge < -0.3 is 25.0 Å². The van der Waals surface area contributed by atoms with Crippen LogP contribution in [0.1, 0.15) is 25.8 Å². The largest absolute Gasteiger partial charge is 0.506 e. The first-order valence-electron chi connectivity index (χ1n) is 10.4. The van der Waals surface area contributed by atoms with Crippen LogP contribution in [0.2, 0.25) is 0 Å². The summed E-state index contributed by atoms with van der Waals surface area (Å²) in [4.78, 5) is 13.7. The van der Waals surface area contributed by atoms with Crippen molar-refractivity contribution < 1.29 is 9.84 Å². The molecule has 0 unspecified atom stereocenters. The molecule has 0 spiro atoms. The van der Waals surface area contributed by atoms with E-state index in [1.807, 2.05) is 30.3 Å². The highest BCUT2D eigenvalue weighted by Crippen LogP contribution is 2.27. The molecule has 0 saturated carbocycles. The fourth-order valence-electron chi connectivity index (χ4n) is 3.35. The Morgan fingerprint density at radius 2 is 1.90 bits per heavy atom. The van der Waals surface area contributed by atoms with Crippen molar-refractivity contribution in [3.05, 3.63) is 48.2 Å². The number of aromatic nitrogens is 1. The Morgan fingerprint density at radius 3 is 2.60 bits per heavy atom. The summed E-state index contributed by atoms with van der Waals surface area (Å²) < 4.78 is 5.75. The SMILES string of the molecule is CCCOc1ncccc1CN=C(NCC)N1CCN(c2ccccc2O)CC1.I. The number of phenols is 1. The smallest absolute Gasteiger partial charge is 0.218 e. The molecule has 1 aliphatic heterocycles. The van der Waals surface area contributed by atoms with Crippen molar-refractivity contribution in [2.75, 3.05) is 44.2 Å². The van der Waals surface area contributed by atoms with Gasteiger partial charge >= 0.3 is 0 Å². The zero-order valence-corrected chi connectivity index (χ0v) is 20.1. The standard InChI is InChI=1S/C22H31N5O2.HI/c1-3-16-29-21-18(8-7-11-24-21)17-25-22(23-4-2)27-14-12-26(13-15-27)19-9-5-6-10-20(19)28;/h5-11,28H,3-4,12-17H2,1-2H3,(H,23,25);1H. The molecule has 2 aromatic rings. The maximum atomic E-state index is 10.1. The summed E-state index contributed by atoms with van der Waals surface area (Å²) in [6, 6.07) is 11.4. The summed E-state index contributed by atoms with van der Waals surface area (Å²) in [5.74, 6) is 1.89. The minimum Gasteiger partial charge on any atom is -0.506 e. The van der Waals surface area contributed by atoms with E-state index in [0.29, 0.717) is 24.8 Å². The maximum Gasteiger partial charge on any atom is 0.218 e. The molecular weight excluding hydrogens is 493 g/mol. The van der Waals surface area contributed by atoms with Crippen LogP contribution < -0.4 is 15.0 Å². The van der Waals surface area contributed by atoms with Crippen LogP contribution in [-0.4, -0.2) is 60.3 Å². The van der Waals surface area contributed by atoms with Gasteiger partial charge in [0.25, 0.3) is 0 Å². The number of rotatable bonds is 7. The van der Waals surface area contributed by atoms with E-state index in [9.17, 15) is 5.11 Å². The first-order chi connectivity index (χ1) is 14.2. The van der Waals surface area contributed by atoms with E-state index in [1.165, 1.54) is 0 Å². The van der Waals surface area contributed by atoms with Gasteiger partial charge in [-0.3, -0.25) is 0 Å². The lowest BCUT2D eigenvalue weighted by atomic mass is 10.2. The van der Waals surface area contributed by atoms with Crippen LogP contribution in [-0.2, 0) is 6.54 Å². The molecule has 0 amide bonds. The highest BCUT2D eigenvalue weighted by atomic mass is 127. The lowest BCUT2D eigenvalue weighted by Gasteiger charge is -2.37. The fourth-order valence-corrected chi connectivity index (χ4v) is 3.35. The number of hydrogen-bond donors (Lipinski definition) is 2. The van der Waals surface area contributed by atoms with E-state index in [4.69, 9.17) is 9.73 Å². The summed E-state index contributed by atoms with van der Waals surface area (Å²) in [6.45, 7) is 9.49. The highest BCUT2D eigenvalue weighted by Gasteiger charge is 2.21. The van der Waals surface area contributed by atoms with E-state index >= 15 is 0 Å². The molecule has 1 saturated heterocycles. The number of aliphatic imine (C=N–C) groups is 1. The Labute approximate surface area is 196 Å². The van der Waals surface area contributed by atoms with Crippen molar-refractivity contribution in [2.45, 2.75) is 26.8 Å². The molecule has 0 atom stereocenters. The molecule has 1 fully saturated rings. The summed E-state index contributed by atoms with van der Waals surface area (Å²) in [5.41, 5.74) is 1.88. The molecule has 0 aliphatic carbocycles. The zero-order chi connectivity index (χ0) is 20.5. The third-order valence-corrected chi connectivity index (χ3v) is 4.83. The van der Waals surface area contributed by atoms with E-state index < -0.39 is 0 Å². The maximum absolute atomic E-state index is 10.1. The van der Waals surface area contributed by atoms with Gasteiger partial charge in [-0.05, 0) is 31.5 Å². The van der Waals surface area contributed by atoms with Crippen LogP contribution in [0.25, 0.3) is 0 Å². The highest BCUT2D eigenvalue weighted by molar-refractivity contribution is 14.0. The molecule has 0 bridgehead atoms. The molecule has 2 N–H and O–H groups in total. The second-order valence-electron chi connectivity index (χ2n) is 6.95. The Morgan fingerprint density at radius 1 is 1.13 bits per heavy atom. The number of guanidine groups is 1. The van der Waals surface area contributed by atoms with Gasteiger partial charge in [0.15, 0.2) is 5.96 Å². The summed E-state index contributed by atoms with van der Waals surface area (Å²) in [5, 5.41) is 13.5. The minimum absolute atomic E-state index is 0. The third kappa shape index (κ3) is 6.38. The van der Waals surface area contributed by atoms with E-state index in [1.54, 1.807) is 12.3 Å². The summed E-state index contributed by atoms with van der Waals surface area (Å²) >= 11 is 0. The van der Waals surface area contributed by atoms with Crippen molar-refractivity contribution in [3.8, 4) is 11.6 Å². The zero-order valence-electron chi connectivity index (χ0n) is 17.8. The number of pyridine rings is 1. The van der Waals surface area contributed by atoms with Crippen molar-refractivity contribution in [2.24, 2.45) is 4.99 Å².